The van der Waals surface area contributed by atoms with Crippen molar-refractivity contribution in [1.29, 1.82) is 0 Å². The molecular weight excluding hydrogens is 399 g/mol. The number of ether oxygens (including phenoxy) is 1. The molecule has 0 saturated heterocycles. The number of hydrogen-bond acceptors (Lipinski definition) is 6. The van der Waals surface area contributed by atoms with Crippen molar-refractivity contribution < 1.29 is 13.9 Å². The molecule has 0 radical (unpaired) electrons. The first-order chi connectivity index (χ1) is 15.0. The Kier molecular flexibility index (Phi) is 4.43. The van der Waals surface area contributed by atoms with E-state index in [9.17, 15) is 9.18 Å². The number of halogens is 1. The highest BCUT2D eigenvalue weighted by Gasteiger charge is 2.22. The third-order valence-electron chi connectivity index (χ3n) is 5.07. The highest BCUT2D eigenvalue weighted by atomic mass is 19.1. The normalized spacial score (nSPS) is 11.3. The summed E-state index contributed by atoms with van der Waals surface area (Å²) in [6.45, 7) is 2.00. The molecule has 31 heavy (non-hydrogen) atoms. The van der Waals surface area contributed by atoms with Crippen LogP contribution in [-0.4, -0.2) is 42.7 Å². The third kappa shape index (κ3) is 3.20. The van der Waals surface area contributed by atoms with Gasteiger partial charge in [-0.25, -0.2) is 9.07 Å². The SMILES string of the molecule is COC(=O)Cc1nn(-c2ccc(C)cc2)c2c1nnc1c(-c3ccc(F)cc3)cnn12. The quantitative estimate of drug-likeness (QED) is 0.418. The van der Waals surface area contributed by atoms with Crippen molar-refractivity contribution in [3.05, 3.63) is 71.8 Å². The topological polar surface area (TPSA) is 87.2 Å². The number of nitrogens with zero attached hydrogens (tertiary/aromatic N) is 6. The van der Waals surface area contributed by atoms with Gasteiger partial charge in [-0.1, -0.05) is 29.8 Å². The smallest absolute Gasteiger partial charge is 0.311 e. The molecule has 0 atom stereocenters. The molecule has 2 aromatic carbocycles. The Bertz CT molecular complexity index is 1420. The first-order valence-electron chi connectivity index (χ1n) is 9.57. The van der Waals surface area contributed by atoms with Crippen molar-refractivity contribution in [1.82, 2.24) is 29.6 Å². The lowest BCUT2D eigenvalue weighted by Gasteiger charge is -2.05. The molecule has 0 N–H and O–H groups in total. The molecule has 9 heteroatoms. The Morgan fingerprint density at radius 2 is 1.81 bits per heavy atom. The summed E-state index contributed by atoms with van der Waals surface area (Å²) in [7, 11) is 1.33. The molecule has 8 nitrogen and oxygen atoms in total. The fourth-order valence-electron chi connectivity index (χ4n) is 3.45. The third-order valence-corrected chi connectivity index (χ3v) is 5.07. The van der Waals surface area contributed by atoms with Crippen LogP contribution in [0.4, 0.5) is 4.39 Å². The lowest BCUT2D eigenvalue weighted by molar-refractivity contribution is -0.139. The zero-order valence-corrected chi connectivity index (χ0v) is 16.8. The number of carbonyl (C=O) groups excluding carboxylic acids is 1. The summed E-state index contributed by atoms with van der Waals surface area (Å²) in [5.41, 5.74) is 5.33. The fraction of sp³-hybridized carbons (Fsp3) is 0.136. The second-order valence-corrected chi connectivity index (χ2v) is 7.12. The zero-order chi connectivity index (χ0) is 21.5. The summed E-state index contributed by atoms with van der Waals surface area (Å²) in [5, 5.41) is 17.8. The monoisotopic (exact) mass is 416 g/mol. The van der Waals surface area contributed by atoms with Crippen LogP contribution >= 0.6 is 0 Å². The van der Waals surface area contributed by atoms with Crippen molar-refractivity contribution in [2.24, 2.45) is 0 Å². The van der Waals surface area contributed by atoms with Gasteiger partial charge < -0.3 is 4.74 Å². The number of rotatable bonds is 4. The van der Waals surface area contributed by atoms with E-state index in [0.29, 0.717) is 28.1 Å². The Morgan fingerprint density at radius 1 is 1.06 bits per heavy atom. The molecule has 0 fully saturated rings. The lowest BCUT2D eigenvalue weighted by Crippen LogP contribution is -2.06. The first-order valence-corrected chi connectivity index (χ1v) is 9.57. The average molecular weight is 416 g/mol. The number of esters is 1. The molecule has 5 aromatic rings. The minimum atomic E-state index is -0.426. The molecule has 3 heterocycles. The molecule has 0 unspecified atom stereocenters. The summed E-state index contributed by atoms with van der Waals surface area (Å²) in [4.78, 5) is 11.9. The van der Waals surface area contributed by atoms with Gasteiger partial charge in [0.1, 0.15) is 11.5 Å². The van der Waals surface area contributed by atoms with Crippen LogP contribution in [-0.2, 0) is 16.0 Å². The molecule has 0 saturated carbocycles. The van der Waals surface area contributed by atoms with Crippen molar-refractivity contribution in [2.45, 2.75) is 13.3 Å². The average Bonchev–Trinajstić information content (AvgIpc) is 3.36. The maximum absolute atomic E-state index is 13.4. The van der Waals surface area contributed by atoms with E-state index in [4.69, 9.17) is 4.74 Å². The van der Waals surface area contributed by atoms with Gasteiger partial charge in [0.05, 0.1) is 25.4 Å². The van der Waals surface area contributed by atoms with E-state index in [1.807, 2.05) is 31.2 Å². The van der Waals surface area contributed by atoms with E-state index in [0.717, 1.165) is 16.8 Å². The summed E-state index contributed by atoms with van der Waals surface area (Å²) in [5.74, 6) is -0.747. The summed E-state index contributed by atoms with van der Waals surface area (Å²) < 4.78 is 21.5. The molecule has 0 aliphatic carbocycles. The van der Waals surface area contributed by atoms with E-state index in [-0.39, 0.29) is 12.2 Å². The van der Waals surface area contributed by atoms with E-state index in [2.05, 4.69) is 20.4 Å². The van der Waals surface area contributed by atoms with Crippen LogP contribution in [0.5, 0.6) is 0 Å². The van der Waals surface area contributed by atoms with Crippen LogP contribution in [0.15, 0.2) is 54.7 Å². The number of hydrogen-bond donors (Lipinski definition) is 0. The molecule has 3 aromatic heterocycles. The minimum absolute atomic E-state index is 0.0435. The molecule has 0 aliphatic heterocycles. The summed E-state index contributed by atoms with van der Waals surface area (Å²) in [6.07, 6.45) is 1.61. The highest BCUT2D eigenvalue weighted by Crippen LogP contribution is 2.27. The van der Waals surface area contributed by atoms with Gasteiger partial charge in [-0.3, -0.25) is 4.79 Å². The van der Waals surface area contributed by atoms with E-state index in [1.54, 1.807) is 27.5 Å². The van der Waals surface area contributed by atoms with E-state index in [1.165, 1.54) is 19.2 Å². The number of aryl methyl sites for hydroxylation is 1. The van der Waals surface area contributed by atoms with Crippen LogP contribution in [0.1, 0.15) is 11.3 Å². The van der Waals surface area contributed by atoms with Crippen LogP contribution in [0, 0.1) is 12.7 Å². The molecule has 0 amide bonds. The predicted molar refractivity (Wildman–Crippen MR) is 111 cm³/mol. The van der Waals surface area contributed by atoms with Gasteiger partial charge in [-0.15, -0.1) is 10.2 Å². The summed E-state index contributed by atoms with van der Waals surface area (Å²) >= 11 is 0. The second kappa shape index (κ2) is 7.28. The van der Waals surface area contributed by atoms with Gasteiger partial charge >= 0.3 is 5.97 Å². The van der Waals surface area contributed by atoms with Gasteiger partial charge in [-0.2, -0.15) is 14.7 Å². The molecule has 0 aliphatic rings. The second-order valence-electron chi connectivity index (χ2n) is 7.12. The molecule has 0 spiro atoms. The maximum Gasteiger partial charge on any atom is 0.311 e. The number of fused-ring (bicyclic) bond motifs is 3. The molecule has 0 bridgehead atoms. The number of carbonyl (C=O) groups is 1. The molecular formula is C22H17FN6O2. The number of benzene rings is 2. The van der Waals surface area contributed by atoms with Gasteiger partial charge in [0.2, 0.25) is 0 Å². The first kappa shape index (κ1) is 18.9. The largest absolute Gasteiger partial charge is 0.469 e. The van der Waals surface area contributed by atoms with Crippen LogP contribution in [0.25, 0.3) is 33.6 Å². The standard InChI is InChI=1S/C22H17FN6O2/c1-13-3-9-16(10-4-13)28-22-20(18(27-28)11-19(30)31-2)25-26-21-17(12-24-29(21)22)14-5-7-15(23)8-6-14/h3-10,12H,11H2,1-2H3. The molecule has 154 valence electrons. The van der Waals surface area contributed by atoms with Crippen molar-refractivity contribution in [2.75, 3.05) is 7.11 Å². The Hall–Kier alpha value is -4.14. The molecule has 5 rings (SSSR count). The Balaban J connectivity index is 1.77. The predicted octanol–water partition coefficient (Wildman–Crippen LogP) is 3.29. The van der Waals surface area contributed by atoms with Crippen molar-refractivity contribution in [3.8, 4) is 16.8 Å². The highest BCUT2D eigenvalue weighted by molar-refractivity contribution is 5.85. The number of methoxy groups -OCH3 is 1. The number of aromatic nitrogens is 6. The van der Waals surface area contributed by atoms with Crippen LogP contribution in [0.2, 0.25) is 0 Å². The Morgan fingerprint density at radius 3 is 2.52 bits per heavy atom. The minimum Gasteiger partial charge on any atom is -0.469 e. The van der Waals surface area contributed by atoms with Gasteiger partial charge in [0.25, 0.3) is 0 Å². The van der Waals surface area contributed by atoms with Crippen LogP contribution in [0.3, 0.4) is 0 Å². The van der Waals surface area contributed by atoms with E-state index < -0.39 is 5.97 Å². The van der Waals surface area contributed by atoms with Gasteiger partial charge in [0, 0.05) is 5.56 Å². The van der Waals surface area contributed by atoms with Crippen molar-refractivity contribution >= 4 is 22.8 Å². The Labute approximate surface area is 175 Å². The van der Waals surface area contributed by atoms with Gasteiger partial charge in [-0.05, 0) is 36.8 Å². The maximum atomic E-state index is 13.4. The fourth-order valence-corrected chi connectivity index (χ4v) is 3.45. The summed E-state index contributed by atoms with van der Waals surface area (Å²) in [6, 6.07) is 13.9. The van der Waals surface area contributed by atoms with E-state index >= 15 is 0 Å². The van der Waals surface area contributed by atoms with Crippen LogP contribution < -0.4 is 0 Å². The van der Waals surface area contributed by atoms with Gasteiger partial charge in [0.15, 0.2) is 16.8 Å². The van der Waals surface area contributed by atoms with Crippen molar-refractivity contribution in [3.63, 3.8) is 0 Å². The lowest BCUT2D eigenvalue weighted by atomic mass is 10.1. The zero-order valence-electron chi connectivity index (χ0n) is 16.8.